The van der Waals surface area contributed by atoms with E-state index in [1.165, 1.54) is 0 Å². The number of amides is 1. The third kappa shape index (κ3) is 4.03. The van der Waals surface area contributed by atoms with Crippen molar-refractivity contribution in [2.75, 3.05) is 11.9 Å². The molecule has 0 aromatic carbocycles. The van der Waals surface area contributed by atoms with Gasteiger partial charge in [0.15, 0.2) is 0 Å². The first kappa shape index (κ1) is 14.5. The Balaban J connectivity index is 1.94. The van der Waals surface area contributed by atoms with Gasteiger partial charge in [0.25, 0.3) is 5.91 Å². The summed E-state index contributed by atoms with van der Waals surface area (Å²) in [6, 6.07) is 3.62. The molecule has 0 atom stereocenters. The highest BCUT2D eigenvalue weighted by Gasteiger charge is 2.08. The van der Waals surface area contributed by atoms with Gasteiger partial charge >= 0.3 is 0 Å². The molecule has 0 aliphatic heterocycles. The van der Waals surface area contributed by atoms with Crippen molar-refractivity contribution in [2.45, 2.75) is 26.8 Å². The molecule has 106 valence electrons. The summed E-state index contributed by atoms with van der Waals surface area (Å²) in [5.41, 5.74) is 1.33. The predicted molar refractivity (Wildman–Crippen MR) is 81.0 cm³/mol. The molecule has 0 aliphatic rings. The van der Waals surface area contributed by atoms with E-state index in [1.807, 2.05) is 13.0 Å². The van der Waals surface area contributed by atoms with Gasteiger partial charge in [-0.15, -0.1) is 11.3 Å². The Kier molecular flexibility index (Phi) is 5.06. The number of anilines is 1. The van der Waals surface area contributed by atoms with Crippen LogP contribution >= 0.6 is 11.3 Å². The van der Waals surface area contributed by atoms with Crippen LogP contribution in [0.25, 0.3) is 0 Å². The van der Waals surface area contributed by atoms with Crippen LogP contribution < -0.4 is 10.6 Å². The fourth-order valence-electron chi connectivity index (χ4n) is 1.66. The van der Waals surface area contributed by atoms with Gasteiger partial charge in [0.2, 0.25) is 0 Å². The van der Waals surface area contributed by atoms with Gasteiger partial charge in [-0.1, -0.05) is 6.92 Å². The van der Waals surface area contributed by atoms with Crippen LogP contribution in [-0.4, -0.2) is 22.4 Å². The molecular weight excluding hydrogens is 272 g/mol. The normalized spacial score (nSPS) is 10.3. The summed E-state index contributed by atoms with van der Waals surface area (Å²) in [7, 11) is 0. The topological polar surface area (TPSA) is 66.9 Å². The van der Waals surface area contributed by atoms with Crippen molar-refractivity contribution in [1.82, 2.24) is 15.3 Å². The molecular formula is C14H18N4OS. The number of nitrogens with one attached hydrogen (secondary N) is 2. The molecule has 0 radical (unpaired) electrons. The minimum absolute atomic E-state index is 0.182. The number of carbonyl (C=O) groups is 1. The van der Waals surface area contributed by atoms with Gasteiger partial charge in [-0.3, -0.25) is 9.78 Å². The summed E-state index contributed by atoms with van der Waals surface area (Å²) >= 11 is 1.58. The van der Waals surface area contributed by atoms with E-state index in [1.54, 1.807) is 29.8 Å². The van der Waals surface area contributed by atoms with Crippen LogP contribution in [0.4, 0.5) is 5.69 Å². The molecule has 20 heavy (non-hydrogen) atoms. The van der Waals surface area contributed by atoms with Gasteiger partial charge < -0.3 is 10.6 Å². The summed E-state index contributed by atoms with van der Waals surface area (Å²) in [4.78, 5) is 21.5. The number of hydrogen-bond donors (Lipinski definition) is 2. The molecule has 2 heterocycles. The number of aryl methyl sites for hydroxylation is 1. The van der Waals surface area contributed by atoms with E-state index in [0.717, 1.165) is 28.5 Å². The standard InChI is InChI=1S/C14H18N4OS/c1-3-5-15-11-4-6-16-12(7-11)14(19)18-9-13-17-8-10(2)20-13/h4,6-8H,3,5,9H2,1-2H3,(H,15,16)(H,18,19). The third-order valence-electron chi connectivity index (χ3n) is 2.64. The lowest BCUT2D eigenvalue weighted by Gasteiger charge is -2.06. The molecule has 1 amide bonds. The Morgan fingerprint density at radius 3 is 2.95 bits per heavy atom. The van der Waals surface area contributed by atoms with Gasteiger partial charge in [0, 0.05) is 29.5 Å². The van der Waals surface area contributed by atoms with Crippen molar-refractivity contribution in [1.29, 1.82) is 0 Å². The maximum absolute atomic E-state index is 12.0. The van der Waals surface area contributed by atoms with Gasteiger partial charge in [-0.05, 0) is 25.5 Å². The molecule has 2 N–H and O–H groups in total. The molecule has 6 heteroatoms. The van der Waals surface area contributed by atoms with Crippen molar-refractivity contribution >= 4 is 22.9 Å². The Morgan fingerprint density at radius 2 is 2.25 bits per heavy atom. The zero-order chi connectivity index (χ0) is 14.4. The van der Waals surface area contributed by atoms with Crippen molar-refractivity contribution < 1.29 is 4.79 Å². The molecule has 0 fully saturated rings. The van der Waals surface area contributed by atoms with E-state index in [-0.39, 0.29) is 5.91 Å². The third-order valence-corrected chi connectivity index (χ3v) is 3.55. The van der Waals surface area contributed by atoms with Gasteiger partial charge in [0.05, 0.1) is 6.54 Å². The summed E-state index contributed by atoms with van der Waals surface area (Å²) in [6.45, 7) is 5.40. The van der Waals surface area contributed by atoms with E-state index < -0.39 is 0 Å². The second kappa shape index (κ2) is 7.00. The molecule has 0 bridgehead atoms. The Hall–Kier alpha value is -1.95. The molecule has 2 rings (SSSR count). The quantitative estimate of drug-likeness (QED) is 0.858. The summed E-state index contributed by atoms with van der Waals surface area (Å²) in [5, 5.41) is 6.97. The Labute approximate surface area is 122 Å². The number of aromatic nitrogens is 2. The highest BCUT2D eigenvalue weighted by Crippen LogP contribution is 2.11. The van der Waals surface area contributed by atoms with Crippen LogP contribution in [0.1, 0.15) is 33.7 Å². The molecule has 0 aliphatic carbocycles. The highest BCUT2D eigenvalue weighted by atomic mass is 32.1. The molecule has 2 aromatic heterocycles. The van der Waals surface area contributed by atoms with Crippen molar-refractivity contribution in [3.05, 3.63) is 40.1 Å². The summed E-state index contributed by atoms with van der Waals surface area (Å²) in [6.07, 6.45) is 4.48. The zero-order valence-corrected chi connectivity index (χ0v) is 12.5. The lowest BCUT2D eigenvalue weighted by molar-refractivity contribution is 0.0946. The SMILES string of the molecule is CCCNc1ccnc(C(=O)NCc2ncc(C)s2)c1. The second-order valence-corrected chi connectivity index (χ2v) is 5.72. The number of hydrogen-bond acceptors (Lipinski definition) is 5. The maximum atomic E-state index is 12.0. The van der Waals surface area contributed by atoms with Gasteiger partial charge in [-0.2, -0.15) is 0 Å². The first-order valence-electron chi connectivity index (χ1n) is 6.58. The van der Waals surface area contributed by atoms with E-state index >= 15 is 0 Å². The average Bonchev–Trinajstić information content (AvgIpc) is 2.88. The molecule has 0 spiro atoms. The molecule has 2 aromatic rings. The van der Waals surface area contributed by atoms with Gasteiger partial charge in [-0.25, -0.2) is 4.98 Å². The first-order chi connectivity index (χ1) is 9.69. The van der Waals surface area contributed by atoms with E-state index in [0.29, 0.717) is 12.2 Å². The van der Waals surface area contributed by atoms with Crippen molar-refractivity contribution in [3.8, 4) is 0 Å². The lowest BCUT2D eigenvalue weighted by Crippen LogP contribution is -2.23. The van der Waals surface area contributed by atoms with Crippen molar-refractivity contribution in [3.63, 3.8) is 0 Å². The lowest BCUT2D eigenvalue weighted by atomic mass is 10.3. The number of carbonyl (C=O) groups excluding carboxylic acids is 1. The number of pyridine rings is 1. The fraction of sp³-hybridized carbons (Fsp3) is 0.357. The monoisotopic (exact) mass is 290 g/mol. The van der Waals surface area contributed by atoms with Crippen LogP contribution in [0.2, 0.25) is 0 Å². The zero-order valence-electron chi connectivity index (χ0n) is 11.6. The van der Waals surface area contributed by atoms with Crippen LogP contribution in [0.3, 0.4) is 0 Å². The second-order valence-electron chi connectivity index (χ2n) is 4.40. The van der Waals surface area contributed by atoms with Crippen LogP contribution in [0, 0.1) is 6.92 Å². The smallest absolute Gasteiger partial charge is 0.270 e. The predicted octanol–water partition coefficient (Wildman–Crippen LogP) is 2.60. The Morgan fingerprint density at radius 1 is 1.40 bits per heavy atom. The molecule has 5 nitrogen and oxygen atoms in total. The summed E-state index contributed by atoms with van der Waals surface area (Å²) in [5.74, 6) is -0.182. The average molecular weight is 290 g/mol. The maximum Gasteiger partial charge on any atom is 0.270 e. The van der Waals surface area contributed by atoms with E-state index in [4.69, 9.17) is 0 Å². The number of nitrogens with zero attached hydrogens (tertiary/aromatic N) is 2. The number of rotatable bonds is 6. The van der Waals surface area contributed by atoms with E-state index in [2.05, 4.69) is 27.5 Å². The fourth-order valence-corrected chi connectivity index (χ4v) is 2.39. The minimum atomic E-state index is -0.182. The summed E-state index contributed by atoms with van der Waals surface area (Å²) < 4.78 is 0. The first-order valence-corrected chi connectivity index (χ1v) is 7.40. The van der Waals surface area contributed by atoms with Crippen LogP contribution in [0.15, 0.2) is 24.5 Å². The van der Waals surface area contributed by atoms with Crippen LogP contribution in [0.5, 0.6) is 0 Å². The van der Waals surface area contributed by atoms with Crippen LogP contribution in [-0.2, 0) is 6.54 Å². The molecule has 0 saturated heterocycles. The van der Waals surface area contributed by atoms with Crippen molar-refractivity contribution in [2.24, 2.45) is 0 Å². The minimum Gasteiger partial charge on any atom is -0.385 e. The Bertz CT molecular complexity index is 582. The highest BCUT2D eigenvalue weighted by molar-refractivity contribution is 7.11. The molecule has 0 saturated carbocycles. The van der Waals surface area contributed by atoms with E-state index in [9.17, 15) is 4.79 Å². The molecule has 0 unspecified atom stereocenters. The largest absolute Gasteiger partial charge is 0.385 e. The number of thiazole rings is 1. The van der Waals surface area contributed by atoms with Gasteiger partial charge in [0.1, 0.15) is 10.7 Å².